The van der Waals surface area contributed by atoms with Gasteiger partial charge in [-0.3, -0.25) is 9.83 Å². The predicted octanol–water partition coefficient (Wildman–Crippen LogP) is 2.60. The third kappa shape index (κ3) is 2.19. The molecule has 0 spiro atoms. The van der Waals surface area contributed by atoms with E-state index in [0.29, 0.717) is 0 Å². The van der Waals surface area contributed by atoms with Crippen LogP contribution in [0.25, 0.3) is 0 Å². The smallest absolute Gasteiger partial charge is 0.0855 e. The van der Waals surface area contributed by atoms with Crippen LogP contribution in [0.3, 0.4) is 0 Å². The van der Waals surface area contributed by atoms with E-state index in [1.807, 2.05) is 26.2 Å². The summed E-state index contributed by atoms with van der Waals surface area (Å²) in [4.78, 5) is 0. The van der Waals surface area contributed by atoms with E-state index in [2.05, 4.69) is 58.4 Å². The van der Waals surface area contributed by atoms with Crippen molar-refractivity contribution in [2.24, 2.45) is 4.74 Å². The minimum absolute atomic E-state index is 1.26. The van der Waals surface area contributed by atoms with Gasteiger partial charge in [-0.2, -0.15) is 0 Å². The summed E-state index contributed by atoms with van der Waals surface area (Å²) in [6.07, 6.45) is 0. The summed E-state index contributed by atoms with van der Waals surface area (Å²) >= 11 is 0. The first-order valence-electron chi connectivity index (χ1n) is 5.64. The summed E-state index contributed by atoms with van der Waals surface area (Å²) in [7, 11) is 2.09. The predicted molar refractivity (Wildman–Crippen MR) is 76.5 cm³/mol. The lowest BCUT2D eigenvalue weighted by atomic mass is 10.4. The lowest BCUT2D eigenvalue weighted by molar-refractivity contribution is 1.24. The van der Waals surface area contributed by atoms with E-state index in [9.17, 15) is 0 Å². The standard InChI is InChI=1S/C14H17N2P/c1-15-17(16-2,13-9-5-3-6-10-13)14-11-7-4-8-12-14/h3-12,15H,1-2H3. The third-order valence-electron chi connectivity index (χ3n) is 2.88. The monoisotopic (exact) mass is 244 g/mol. The Kier molecular flexibility index (Phi) is 3.78. The normalized spacial score (nSPS) is 11.2. The van der Waals surface area contributed by atoms with Gasteiger partial charge in [0.15, 0.2) is 0 Å². The van der Waals surface area contributed by atoms with Crippen molar-refractivity contribution >= 4 is 17.8 Å². The van der Waals surface area contributed by atoms with Gasteiger partial charge in [-0.25, -0.2) is 0 Å². The van der Waals surface area contributed by atoms with Crippen molar-refractivity contribution in [3.05, 3.63) is 60.7 Å². The van der Waals surface area contributed by atoms with Crippen molar-refractivity contribution in [3.8, 4) is 0 Å². The lowest BCUT2D eigenvalue weighted by Crippen LogP contribution is -2.25. The van der Waals surface area contributed by atoms with Gasteiger partial charge in [-0.1, -0.05) is 60.7 Å². The van der Waals surface area contributed by atoms with E-state index >= 15 is 0 Å². The molecule has 17 heavy (non-hydrogen) atoms. The number of hydrogen-bond acceptors (Lipinski definition) is 1. The van der Waals surface area contributed by atoms with Gasteiger partial charge in [0.1, 0.15) is 0 Å². The van der Waals surface area contributed by atoms with Crippen molar-refractivity contribution in [1.82, 2.24) is 5.09 Å². The number of rotatable bonds is 3. The highest BCUT2D eigenvalue weighted by Crippen LogP contribution is 2.41. The molecule has 0 heterocycles. The molecule has 1 N–H and O–H groups in total. The number of hydrogen-bond donors (Lipinski definition) is 1. The fourth-order valence-corrected chi connectivity index (χ4v) is 4.71. The van der Waals surface area contributed by atoms with Crippen molar-refractivity contribution in [3.63, 3.8) is 0 Å². The molecule has 2 aromatic carbocycles. The zero-order valence-corrected chi connectivity index (χ0v) is 11.1. The molecule has 0 radical (unpaired) electrons. The van der Waals surface area contributed by atoms with Crippen molar-refractivity contribution < 1.29 is 0 Å². The van der Waals surface area contributed by atoms with Crippen LogP contribution in [-0.4, -0.2) is 14.1 Å². The number of nitrogens with zero attached hydrogens (tertiary/aromatic N) is 1. The second kappa shape index (κ2) is 5.31. The Morgan fingerprint density at radius 2 is 1.24 bits per heavy atom. The molecule has 0 aliphatic heterocycles. The second-order valence-electron chi connectivity index (χ2n) is 3.73. The molecule has 0 bridgehead atoms. The molecule has 0 saturated heterocycles. The van der Waals surface area contributed by atoms with E-state index in [-0.39, 0.29) is 0 Å². The Hall–Kier alpha value is -1.37. The van der Waals surface area contributed by atoms with Crippen molar-refractivity contribution in [2.75, 3.05) is 14.1 Å². The van der Waals surface area contributed by atoms with Gasteiger partial charge in [-0.15, -0.1) is 0 Å². The number of nitrogens with one attached hydrogen (secondary N) is 1. The maximum atomic E-state index is 4.68. The molecular weight excluding hydrogens is 227 g/mol. The molecular formula is C14H17N2P. The van der Waals surface area contributed by atoms with Crippen LogP contribution in [0, 0.1) is 0 Å². The zero-order chi connectivity index (χ0) is 12.1. The van der Waals surface area contributed by atoms with E-state index in [1.165, 1.54) is 10.6 Å². The van der Waals surface area contributed by atoms with Crippen LogP contribution in [0.1, 0.15) is 0 Å². The molecule has 3 heteroatoms. The van der Waals surface area contributed by atoms with E-state index < -0.39 is 7.21 Å². The molecule has 0 aliphatic carbocycles. The quantitative estimate of drug-likeness (QED) is 0.825. The first-order valence-corrected chi connectivity index (χ1v) is 7.38. The molecule has 2 nitrogen and oxygen atoms in total. The summed E-state index contributed by atoms with van der Waals surface area (Å²) in [5, 5.41) is 5.96. The van der Waals surface area contributed by atoms with Crippen LogP contribution >= 0.6 is 7.21 Å². The van der Waals surface area contributed by atoms with Gasteiger partial charge in [-0.05, 0) is 7.05 Å². The minimum atomic E-state index is -1.79. The van der Waals surface area contributed by atoms with Gasteiger partial charge in [0.2, 0.25) is 0 Å². The molecule has 0 aromatic heterocycles. The second-order valence-corrected chi connectivity index (χ2v) is 6.88. The first kappa shape index (κ1) is 12.1. The molecule has 2 aromatic rings. The van der Waals surface area contributed by atoms with Crippen LogP contribution < -0.4 is 15.7 Å². The topological polar surface area (TPSA) is 24.4 Å². The maximum absolute atomic E-state index is 4.68. The Morgan fingerprint density at radius 3 is 1.53 bits per heavy atom. The molecule has 88 valence electrons. The zero-order valence-electron chi connectivity index (χ0n) is 10.2. The molecule has 0 amide bonds. The van der Waals surface area contributed by atoms with Crippen LogP contribution in [0.5, 0.6) is 0 Å². The molecule has 0 aliphatic rings. The summed E-state index contributed by atoms with van der Waals surface area (Å²) in [6.45, 7) is 0. The van der Waals surface area contributed by atoms with Gasteiger partial charge in [0, 0.05) is 17.7 Å². The van der Waals surface area contributed by atoms with E-state index in [1.54, 1.807) is 0 Å². The van der Waals surface area contributed by atoms with Gasteiger partial charge < -0.3 is 0 Å². The van der Waals surface area contributed by atoms with Crippen LogP contribution in [0.2, 0.25) is 0 Å². The van der Waals surface area contributed by atoms with E-state index in [0.717, 1.165) is 0 Å². The Balaban J connectivity index is 2.64. The van der Waals surface area contributed by atoms with Crippen LogP contribution in [0.4, 0.5) is 0 Å². The van der Waals surface area contributed by atoms with Crippen molar-refractivity contribution in [1.29, 1.82) is 0 Å². The molecule has 0 unspecified atom stereocenters. The average molecular weight is 244 g/mol. The highest BCUT2D eigenvalue weighted by Gasteiger charge is 2.20. The van der Waals surface area contributed by atoms with Crippen LogP contribution in [-0.2, 0) is 0 Å². The van der Waals surface area contributed by atoms with E-state index in [4.69, 9.17) is 0 Å². The summed E-state index contributed by atoms with van der Waals surface area (Å²) in [5.74, 6) is 0. The minimum Gasteiger partial charge on any atom is -0.282 e. The third-order valence-corrected chi connectivity index (χ3v) is 6.22. The Morgan fingerprint density at radius 1 is 0.824 bits per heavy atom. The Bertz CT molecular complexity index is 477. The average Bonchev–Trinajstić information content (AvgIpc) is 2.43. The molecule has 2 rings (SSSR count). The van der Waals surface area contributed by atoms with Gasteiger partial charge >= 0.3 is 0 Å². The number of benzene rings is 2. The first-order chi connectivity index (χ1) is 8.33. The molecule has 0 fully saturated rings. The summed E-state index contributed by atoms with van der Waals surface area (Å²) in [6, 6.07) is 20.9. The summed E-state index contributed by atoms with van der Waals surface area (Å²) < 4.78 is 4.68. The highest BCUT2D eigenvalue weighted by atomic mass is 31.2. The highest BCUT2D eigenvalue weighted by molar-refractivity contribution is 7.79. The van der Waals surface area contributed by atoms with Crippen LogP contribution in [0.15, 0.2) is 65.4 Å². The SMILES string of the molecule is CN=P(NC)(c1ccccc1)c1ccccc1. The maximum Gasteiger partial charge on any atom is 0.0855 e. The van der Waals surface area contributed by atoms with Crippen molar-refractivity contribution in [2.45, 2.75) is 0 Å². The largest absolute Gasteiger partial charge is 0.282 e. The fourth-order valence-electron chi connectivity index (χ4n) is 2.03. The van der Waals surface area contributed by atoms with Gasteiger partial charge in [0.05, 0.1) is 7.21 Å². The Labute approximate surface area is 103 Å². The lowest BCUT2D eigenvalue weighted by Gasteiger charge is -2.24. The summed E-state index contributed by atoms with van der Waals surface area (Å²) in [5.41, 5.74) is 0. The fraction of sp³-hybridized carbons (Fsp3) is 0.143. The molecule has 0 saturated carbocycles. The van der Waals surface area contributed by atoms with Gasteiger partial charge in [0.25, 0.3) is 0 Å². The molecule has 0 atom stereocenters.